The highest BCUT2D eigenvalue weighted by molar-refractivity contribution is 6.19. The number of rotatable bonds is 4. The van der Waals surface area contributed by atoms with Crippen molar-refractivity contribution in [2.75, 3.05) is 0 Å². The van der Waals surface area contributed by atoms with E-state index in [1.54, 1.807) is 0 Å². The van der Waals surface area contributed by atoms with Crippen molar-refractivity contribution < 1.29 is 0 Å². The first-order valence-electron chi connectivity index (χ1n) is 10.8. The molecule has 0 saturated carbocycles. The van der Waals surface area contributed by atoms with Gasteiger partial charge in [0.05, 0.1) is 22.1 Å². The molecule has 0 fully saturated rings. The second-order valence-electron chi connectivity index (χ2n) is 7.96. The number of benzene rings is 4. The second kappa shape index (κ2) is 7.14. The van der Waals surface area contributed by atoms with E-state index in [4.69, 9.17) is 0 Å². The van der Waals surface area contributed by atoms with Gasteiger partial charge in [0.15, 0.2) is 0 Å². The van der Waals surface area contributed by atoms with Gasteiger partial charge in [0.25, 0.3) is 0 Å². The molecule has 6 aromatic rings. The van der Waals surface area contributed by atoms with Crippen LogP contribution < -0.4 is 0 Å². The van der Waals surface area contributed by atoms with Crippen LogP contribution in [0.1, 0.15) is 0 Å². The fourth-order valence-electron chi connectivity index (χ4n) is 4.92. The largest absolute Gasteiger partial charge is 0.309 e. The van der Waals surface area contributed by atoms with E-state index in [0.717, 1.165) is 5.70 Å². The zero-order valence-electron chi connectivity index (χ0n) is 17.7. The van der Waals surface area contributed by atoms with Crippen LogP contribution in [0, 0.1) is 0 Å². The summed E-state index contributed by atoms with van der Waals surface area (Å²) in [6.07, 6.45) is 5.72. The quantitative estimate of drug-likeness (QED) is 0.260. The third-order valence-electron chi connectivity index (χ3n) is 6.24. The minimum absolute atomic E-state index is 1.01. The van der Waals surface area contributed by atoms with Gasteiger partial charge < -0.3 is 9.13 Å². The summed E-state index contributed by atoms with van der Waals surface area (Å²) >= 11 is 0. The van der Waals surface area contributed by atoms with Gasteiger partial charge >= 0.3 is 0 Å². The average molecular weight is 411 g/mol. The molecule has 4 aromatic carbocycles. The molecule has 0 N–H and O–H groups in total. The maximum atomic E-state index is 4.06. The molecule has 0 unspecified atom stereocenters. The Hall–Kier alpha value is -4.30. The molecule has 2 heteroatoms. The molecule has 0 atom stereocenters. The van der Waals surface area contributed by atoms with Gasteiger partial charge in [-0.1, -0.05) is 73.8 Å². The van der Waals surface area contributed by atoms with E-state index >= 15 is 0 Å². The lowest BCUT2D eigenvalue weighted by Gasteiger charge is -2.09. The molecule has 2 aromatic heterocycles. The number of aromatic nitrogens is 2. The highest BCUT2D eigenvalue weighted by Crippen LogP contribution is 2.39. The lowest BCUT2D eigenvalue weighted by molar-refractivity contribution is 1.18. The predicted octanol–water partition coefficient (Wildman–Crippen LogP) is 8.10. The second-order valence-corrected chi connectivity index (χ2v) is 7.96. The van der Waals surface area contributed by atoms with Crippen molar-refractivity contribution in [2.45, 2.75) is 0 Å². The maximum absolute atomic E-state index is 4.06. The van der Waals surface area contributed by atoms with E-state index in [1.165, 1.54) is 49.3 Å². The Labute approximate surface area is 186 Å². The van der Waals surface area contributed by atoms with E-state index in [-0.39, 0.29) is 0 Å². The third kappa shape index (κ3) is 2.53. The van der Waals surface area contributed by atoms with Gasteiger partial charge in [-0.3, -0.25) is 0 Å². The van der Waals surface area contributed by atoms with Crippen LogP contribution in [-0.4, -0.2) is 9.13 Å². The minimum atomic E-state index is 1.01. The van der Waals surface area contributed by atoms with E-state index in [2.05, 4.69) is 113 Å². The lowest BCUT2D eigenvalue weighted by atomic mass is 10.1. The first-order valence-corrected chi connectivity index (χ1v) is 10.8. The summed E-state index contributed by atoms with van der Waals surface area (Å²) in [7, 11) is 0. The standard InChI is InChI=1S/C30H22N2/c1-3-12-21(4-2)31-27-17-10-8-15-23(27)25-20-30-26(19-29(25)31)24-16-9-11-18-28(24)32(30)22-13-6-5-7-14-22/h3-20H,1-2H2/b21-12+. The molecule has 0 saturated heterocycles. The molecule has 0 spiro atoms. The van der Waals surface area contributed by atoms with E-state index in [1.807, 2.05) is 18.2 Å². The van der Waals surface area contributed by atoms with Crippen molar-refractivity contribution in [3.63, 3.8) is 0 Å². The topological polar surface area (TPSA) is 9.86 Å². The van der Waals surface area contributed by atoms with Crippen molar-refractivity contribution in [3.05, 3.63) is 122 Å². The summed E-state index contributed by atoms with van der Waals surface area (Å²) in [6.45, 7) is 7.97. The first kappa shape index (κ1) is 18.5. The van der Waals surface area contributed by atoms with Crippen LogP contribution in [0.3, 0.4) is 0 Å². The van der Waals surface area contributed by atoms with Crippen molar-refractivity contribution in [2.24, 2.45) is 0 Å². The van der Waals surface area contributed by atoms with Crippen LogP contribution in [0.15, 0.2) is 122 Å². The van der Waals surface area contributed by atoms with Crippen LogP contribution in [-0.2, 0) is 0 Å². The molecular weight excluding hydrogens is 388 g/mol. The summed E-state index contributed by atoms with van der Waals surface area (Å²) in [5.41, 5.74) is 6.93. The molecule has 0 radical (unpaired) electrons. The summed E-state index contributed by atoms with van der Waals surface area (Å²) < 4.78 is 4.65. The normalized spacial score (nSPS) is 12.2. The summed E-state index contributed by atoms with van der Waals surface area (Å²) in [5.74, 6) is 0. The van der Waals surface area contributed by atoms with Gasteiger partial charge in [0.1, 0.15) is 0 Å². The van der Waals surface area contributed by atoms with Gasteiger partial charge in [-0.15, -0.1) is 0 Å². The Kier molecular flexibility index (Phi) is 4.12. The average Bonchev–Trinajstić information content (AvgIpc) is 3.34. The summed E-state index contributed by atoms with van der Waals surface area (Å²) in [5, 5.41) is 4.94. The van der Waals surface area contributed by atoms with Gasteiger partial charge in [-0.05, 0) is 48.6 Å². The molecular formula is C30H22N2. The number of para-hydroxylation sites is 3. The van der Waals surface area contributed by atoms with Crippen LogP contribution >= 0.6 is 0 Å². The van der Waals surface area contributed by atoms with Crippen LogP contribution in [0.4, 0.5) is 0 Å². The predicted molar refractivity (Wildman–Crippen MR) is 138 cm³/mol. The number of fused-ring (bicyclic) bond motifs is 6. The SMILES string of the molecule is C=C/C=C(\C=C)n1c2ccccc2c2cc3c(cc21)c1ccccc1n3-c1ccccc1. The molecule has 0 aliphatic rings. The number of hydrogen-bond donors (Lipinski definition) is 0. The summed E-state index contributed by atoms with van der Waals surface area (Å²) in [6, 6.07) is 32.5. The molecule has 2 nitrogen and oxygen atoms in total. The Morgan fingerprint density at radius 1 is 0.594 bits per heavy atom. The molecule has 32 heavy (non-hydrogen) atoms. The monoisotopic (exact) mass is 410 g/mol. The van der Waals surface area contributed by atoms with Gasteiger partial charge in [-0.2, -0.15) is 0 Å². The zero-order chi connectivity index (χ0) is 21.7. The van der Waals surface area contributed by atoms with Crippen LogP contribution in [0.2, 0.25) is 0 Å². The molecule has 0 aliphatic heterocycles. The molecule has 152 valence electrons. The summed E-state index contributed by atoms with van der Waals surface area (Å²) in [4.78, 5) is 0. The number of nitrogens with zero attached hydrogens (tertiary/aromatic N) is 2. The third-order valence-corrected chi connectivity index (χ3v) is 6.24. The Morgan fingerprint density at radius 2 is 1.19 bits per heavy atom. The van der Waals surface area contributed by atoms with Crippen LogP contribution in [0.25, 0.3) is 55.0 Å². The molecule has 0 amide bonds. The number of hydrogen-bond acceptors (Lipinski definition) is 0. The smallest absolute Gasteiger partial charge is 0.0548 e. The number of allylic oxidation sites excluding steroid dienone is 4. The molecule has 2 heterocycles. The van der Waals surface area contributed by atoms with E-state index in [0.29, 0.717) is 0 Å². The fraction of sp³-hybridized carbons (Fsp3) is 0. The minimum Gasteiger partial charge on any atom is -0.309 e. The van der Waals surface area contributed by atoms with Crippen molar-refractivity contribution >= 4 is 49.3 Å². The van der Waals surface area contributed by atoms with Crippen molar-refractivity contribution in [1.29, 1.82) is 0 Å². The fourth-order valence-corrected chi connectivity index (χ4v) is 4.92. The van der Waals surface area contributed by atoms with Gasteiger partial charge in [0, 0.05) is 32.9 Å². The van der Waals surface area contributed by atoms with Crippen molar-refractivity contribution in [3.8, 4) is 5.69 Å². The van der Waals surface area contributed by atoms with E-state index in [9.17, 15) is 0 Å². The molecule has 0 bridgehead atoms. The highest BCUT2D eigenvalue weighted by atomic mass is 15.0. The highest BCUT2D eigenvalue weighted by Gasteiger charge is 2.17. The maximum Gasteiger partial charge on any atom is 0.0548 e. The first-order chi connectivity index (χ1) is 15.8. The Bertz CT molecular complexity index is 1690. The van der Waals surface area contributed by atoms with Crippen LogP contribution in [0.5, 0.6) is 0 Å². The zero-order valence-corrected chi connectivity index (χ0v) is 17.7. The van der Waals surface area contributed by atoms with Gasteiger partial charge in [0.2, 0.25) is 0 Å². The Balaban J connectivity index is 1.85. The Morgan fingerprint density at radius 3 is 1.91 bits per heavy atom. The van der Waals surface area contributed by atoms with Crippen molar-refractivity contribution in [1.82, 2.24) is 9.13 Å². The van der Waals surface area contributed by atoms with Gasteiger partial charge in [-0.25, -0.2) is 0 Å². The van der Waals surface area contributed by atoms with E-state index < -0.39 is 0 Å². The molecule has 6 rings (SSSR count). The lowest BCUT2D eigenvalue weighted by Crippen LogP contribution is -1.94. The molecule has 0 aliphatic carbocycles.